The van der Waals surface area contributed by atoms with Gasteiger partial charge in [0.15, 0.2) is 11.6 Å². The molecule has 1 aromatic rings. The molecule has 1 unspecified atom stereocenters. The third-order valence-electron chi connectivity index (χ3n) is 4.28. The van der Waals surface area contributed by atoms with Crippen LogP contribution in [-0.4, -0.2) is 24.1 Å². The maximum atomic E-state index is 14.6. The van der Waals surface area contributed by atoms with Crippen molar-refractivity contribution in [3.8, 4) is 0 Å². The summed E-state index contributed by atoms with van der Waals surface area (Å²) >= 11 is 0. The molecule has 3 nitrogen and oxygen atoms in total. The Morgan fingerprint density at radius 1 is 1.45 bits per heavy atom. The number of pyridine rings is 1. The van der Waals surface area contributed by atoms with Crippen LogP contribution in [0.15, 0.2) is 12.3 Å². The Bertz CT molecular complexity index is 463. The minimum atomic E-state index is -0.195. The second-order valence-corrected chi connectivity index (χ2v) is 6.92. The molecular formula is C16H26FN3. The largest absolute Gasteiger partial charge is 0.354 e. The lowest BCUT2D eigenvalue weighted by molar-refractivity contribution is 0.326. The molecule has 0 aromatic carbocycles. The van der Waals surface area contributed by atoms with Gasteiger partial charge in [0.1, 0.15) is 0 Å². The summed E-state index contributed by atoms with van der Waals surface area (Å²) in [4.78, 5) is 6.18. The zero-order valence-corrected chi connectivity index (χ0v) is 13.2. The molecule has 1 heterocycles. The highest BCUT2D eigenvalue weighted by atomic mass is 19.1. The Balaban J connectivity index is 2.16. The normalized spacial score (nSPS) is 17.1. The molecule has 1 aliphatic carbocycles. The molecule has 20 heavy (non-hydrogen) atoms. The molecule has 1 fully saturated rings. The molecule has 0 amide bonds. The highest BCUT2D eigenvalue weighted by Gasteiger charge is 2.27. The number of hydrogen-bond acceptors (Lipinski definition) is 3. The fourth-order valence-electron chi connectivity index (χ4n) is 2.16. The van der Waals surface area contributed by atoms with Gasteiger partial charge in [0.05, 0.1) is 0 Å². The molecule has 1 N–H and O–H groups in total. The average molecular weight is 279 g/mol. The van der Waals surface area contributed by atoms with Gasteiger partial charge in [-0.05, 0) is 31.2 Å². The lowest BCUT2D eigenvalue weighted by atomic mass is 9.87. The van der Waals surface area contributed by atoms with Crippen molar-refractivity contribution in [2.75, 3.05) is 11.9 Å². The van der Waals surface area contributed by atoms with Crippen molar-refractivity contribution < 1.29 is 4.39 Å². The zero-order valence-electron chi connectivity index (χ0n) is 13.2. The summed E-state index contributed by atoms with van der Waals surface area (Å²) in [5.41, 5.74) is 0.778. The summed E-state index contributed by atoms with van der Waals surface area (Å²) in [7, 11) is 1.92. The van der Waals surface area contributed by atoms with Crippen molar-refractivity contribution in [3.05, 3.63) is 23.6 Å². The Morgan fingerprint density at radius 2 is 2.10 bits per heavy atom. The van der Waals surface area contributed by atoms with Crippen LogP contribution in [0.4, 0.5) is 10.2 Å². The van der Waals surface area contributed by atoms with Crippen LogP contribution in [0.25, 0.3) is 0 Å². The molecule has 0 radical (unpaired) electrons. The van der Waals surface area contributed by atoms with Gasteiger partial charge < -0.3 is 10.2 Å². The fourth-order valence-corrected chi connectivity index (χ4v) is 2.16. The van der Waals surface area contributed by atoms with Gasteiger partial charge in [-0.1, -0.05) is 20.8 Å². The maximum Gasteiger partial charge on any atom is 0.170 e. The van der Waals surface area contributed by atoms with Crippen LogP contribution in [0.1, 0.15) is 46.1 Å². The SMILES string of the molecule is CC(N(C)c1nccc(CNC2CC2)c1F)C(C)(C)C. The molecule has 1 saturated carbocycles. The molecule has 4 heteroatoms. The van der Waals surface area contributed by atoms with E-state index in [-0.39, 0.29) is 17.3 Å². The van der Waals surface area contributed by atoms with Crippen LogP contribution in [0, 0.1) is 11.2 Å². The van der Waals surface area contributed by atoms with E-state index in [9.17, 15) is 4.39 Å². The van der Waals surface area contributed by atoms with Crippen molar-refractivity contribution in [1.29, 1.82) is 0 Å². The van der Waals surface area contributed by atoms with Gasteiger partial charge in [0, 0.05) is 37.4 Å². The maximum absolute atomic E-state index is 14.6. The first-order valence-electron chi connectivity index (χ1n) is 7.40. The van der Waals surface area contributed by atoms with Crippen LogP contribution in [0.5, 0.6) is 0 Å². The first kappa shape index (κ1) is 15.2. The number of nitrogens with zero attached hydrogens (tertiary/aromatic N) is 2. The van der Waals surface area contributed by atoms with Gasteiger partial charge in [-0.25, -0.2) is 9.37 Å². The molecule has 112 valence electrons. The van der Waals surface area contributed by atoms with Crippen molar-refractivity contribution in [3.63, 3.8) is 0 Å². The van der Waals surface area contributed by atoms with E-state index in [2.05, 4.69) is 38.0 Å². The number of nitrogens with one attached hydrogen (secondary N) is 1. The Kier molecular flexibility index (Phi) is 4.33. The van der Waals surface area contributed by atoms with Crippen molar-refractivity contribution >= 4 is 5.82 Å². The Labute approximate surface area is 121 Å². The van der Waals surface area contributed by atoms with Crippen LogP contribution < -0.4 is 10.2 Å². The standard InChI is InChI=1S/C16H26FN3/c1-11(16(2,3)4)20(5)15-14(17)12(8-9-18-15)10-19-13-6-7-13/h8-9,11,13,19H,6-7,10H2,1-5H3. The van der Waals surface area contributed by atoms with Crippen LogP contribution in [-0.2, 0) is 6.54 Å². The second-order valence-electron chi connectivity index (χ2n) is 6.92. The van der Waals surface area contributed by atoms with Gasteiger partial charge in [-0.3, -0.25) is 0 Å². The predicted octanol–water partition coefficient (Wildman–Crippen LogP) is 3.34. The number of hydrogen-bond donors (Lipinski definition) is 1. The summed E-state index contributed by atoms with van der Waals surface area (Å²) in [6.45, 7) is 9.17. The monoisotopic (exact) mass is 279 g/mol. The first-order valence-corrected chi connectivity index (χ1v) is 7.40. The molecule has 1 aliphatic rings. The molecule has 0 spiro atoms. The van der Waals surface area contributed by atoms with Gasteiger partial charge in [-0.15, -0.1) is 0 Å². The topological polar surface area (TPSA) is 28.2 Å². The lowest BCUT2D eigenvalue weighted by Crippen LogP contribution is -2.40. The van der Waals surface area contributed by atoms with Gasteiger partial charge >= 0.3 is 0 Å². The third kappa shape index (κ3) is 3.48. The summed E-state index contributed by atoms with van der Waals surface area (Å²) < 4.78 is 14.6. The van der Waals surface area contributed by atoms with Gasteiger partial charge in [0.2, 0.25) is 0 Å². The second kappa shape index (κ2) is 5.68. The van der Waals surface area contributed by atoms with E-state index in [4.69, 9.17) is 0 Å². The molecular weight excluding hydrogens is 253 g/mol. The molecule has 0 saturated heterocycles. The van der Waals surface area contributed by atoms with E-state index < -0.39 is 0 Å². The van der Waals surface area contributed by atoms with Crippen LogP contribution >= 0.6 is 0 Å². The predicted molar refractivity (Wildman–Crippen MR) is 81.4 cm³/mol. The number of halogens is 1. The number of aromatic nitrogens is 1. The van der Waals surface area contributed by atoms with Gasteiger partial charge in [-0.2, -0.15) is 0 Å². The summed E-state index contributed by atoms with van der Waals surface area (Å²) in [5, 5.41) is 3.35. The summed E-state index contributed by atoms with van der Waals surface area (Å²) in [6, 6.07) is 2.55. The highest BCUT2D eigenvalue weighted by molar-refractivity contribution is 5.43. The van der Waals surface area contributed by atoms with Gasteiger partial charge in [0.25, 0.3) is 0 Å². The van der Waals surface area contributed by atoms with E-state index in [0.717, 1.165) is 0 Å². The smallest absolute Gasteiger partial charge is 0.170 e. The minimum absolute atomic E-state index is 0.0745. The minimum Gasteiger partial charge on any atom is -0.354 e. The molecule has 0 bridgehead atoms. The Morgan fingerprint density at radius 3 is 2.65 bits per heavy atom. The van der Waals surface area contributed by atoms with Crippen LogP contribution in [0.3, 0.4) is 0 Å². The molecule has 0 aliphatic heterocycles. The molecule has 2 rings (SSSR count). The Hall–Kier alpha value is -1.16. The van der Waals surface area contributed by atoms with E-state index in [1.165, 1.54) is 12.8 Å². The number of anilines is 1. The lowest BCUT2D eigenvalue weighted by Gasteiger charge is -2.36. The van der Waals surface area contributed by atoms with E-state index >= 15 is 0 Å². The molecule has 1 aromatic heterocycles. The quantitative estimate of drug-likeness (QED) is 0.896. The van der Waals surface area contributed by atoms with Crippen molar-refractivity contribution in [1.82, 2.24) is 10.3 Å². The summed E-state index contributed by atoms with van der Waals surface area (Å²) in [5.74, 6) is 0.252. The third-order valence-corrected chi connectivity index (χ3v) is 4.28. The summed E-state index contributed by atoms with van der Waals surface area (Å²) in [6.07, 6.45) is 4.12. The zero-order chi connectivity index (χ0) is 14.9. The van der Waals surface area contributed by atoms with E-state index in [0.29, 0.717) is 24.0 Å². The average Bonchev–Trinajstić information content (AvgIpc) is 3.19. The van der Waals surface area contributed by atoms with Crippen molar-refractivity contribution in [2.24, 2.45) is 5.41 Å². The first-order chi connectivity index (χ1) is 9.30. The van der Waals surface area contributed by atoms with Crippen LogP contribution in [0.2, 0.25) is 0 Å². The highest BCUT2D eigenvalue weighted by Crippen LogP contribution is 2.29. The van der Waals surface area contributed by atoms with Crippen molar-refractivity contribution in [2.45, 2.75) is 59.2 Å². The fraction of sp³-hybridized carbons (Fsp3) is 0.688. The van der Waals surface area contributed by atoms with E-state index in [1.54, 1.807) is 12.3 Å². The van der Waals surface area contributed by atoms with E-state index in [1.807, 2.05) is 11.9 Å². The number of rotatable bonds is 5. The molecule has 1 atom stereocenters.